The molecular weight excluding hydrogens is 212 g/mol. The van der Waals surface area contributed by atoms with E-state index in [1.54, 1.807) is 0 Å². The Morgan fingerprint density at radius 2 is 2.00 bits per heavy atom. The maximum Gasteiger partial charge on any atom is 0.501 e. The highest BCUT2D eigenvalue weighted by Crippen LogP contribution is 2.46. The zero-order chi connectivity index (χ0) is 10.3. The third-order valence-electron chi connectivity index (χ3n) is 1.60. The molecule has 1 aromatic rings. The van der Waals surface area contributed by atoms with Gasteiger partial charge in [-0.15, -0.1) is 13.3 Å². The number of rotatable bonds is 1. The molecule has 0 radical (unpaired) electrons. The van der Waals surface area contributed by atoms with E-state index in [-0.39, 0.29) is 22.9 Å². The fraction of sp³-hybridized carbons (Fsp3) is 0. The van der Waals surface area contributed by atoms with Crippen molar-refractivity contribution in [2.45, 2.75) is 0 Å². The van der Waals surface area contributed by atoms with Gasteiger partial charge < -0.3 is 14.1 Å². The molecule has 1 aliphatic heterocycles. The predicted octanol–water partition coefficient (Wildman–Crippen LogP) is 0.683. The molecule has 0 aliphatic carbocycles. The van der Waals surface area contributed by atoms with Gasteiger partial charge in [-0.05, 0) is 17.3 Å². The summed E-state index contributed by atoms with van der Waals surface area (Å²) in [5.74, 6) is -0.353. The molecule has 8 heteroatoms. The van der Waals surface area contributed by atoms with E-state index in [9.17, 15) is 13.3 Å². The van der Waals surface area contributed by atoms with Gasteiger partial charge in [-0.1, -0.05) is 0 Å². The second kappa shape index (κ2) is 2.58. The number of anilines is 1. The van der Waals surface area contributed by atoms with E-state index in [4.69, 9.17) is 5.73 Å². The van der Waals surface area contributed by atoms with E-state index in [1.165, 1.54) is 12.1 Å². The van der Waals surface area contributed by atoms with Crippen LogP contribution in [0.15, 0.2) is 17.3 Å². The number of fused-ring (bicyclic) bond motifs is 1. The van der Waals surface area contributed by atoms with Crippen molar-refractivity contribution in [3.63, 3.8) is 0 Å². The van der Waals surface area contributed by atoms with Gasteiger partial charge >= 0.3 is 10.4 Å². The normalized spacial score (nSPS) is 16.6. The first-order chi connectivity index (χ1) is 6.53. The average molecular weight is 216 g/mol. The van der Waals surface area contributed by atoms with E-state index in [0.717, 1.165) is 0 Å². The van der Waals surface area contributed by atoms with Crippen LogP contribution in [0.25, 0.3) is 0 Å². The Morgan fingerprint density at radius 1 is 1.29 bits per heavy atom. The van der Waals surface area contributed by atoms with Crippen LogP contribution in [0.4, 0.5) is 11.4 Å². The third-order valence-corrected chi connectivity index (χ3v) is 2.35. The smallest absolute Gasteiger partial charge is 0.397 e. The quantitative estimate of drug-likeness (QED) is 0.546. The largest absolute Gasteiger partial charge is 0.501 e. The number of nitrogens with zero attached hydrogens (tertiary/aromatic N) is 1. The highest BCUT2D eigenvalue weighted by molar-refractivity contribution is 7.82. The summed E-state index contributed by atoms with van der Waals surface area (Å²) >= 11 is 0. The monoisotopic (exact) mass is 216 g/mol. The van der Waals surface area contributed by atoms with Crippen LogP contribution in [0.2, 0.25) is 0 Å². The molecule has 0 saturated heterocycles. The predicted molar refractivity (Wildman–Crippen MR) is 46.5 cm³/mol. The number of hydrogen-bond donors (Lipinski definition) is 1. The zero-order valence-electron chi connectivity index (χ0n) is 6.63. The van der Waals surface area contributed by atoms with Crippen LogP contribution in [0.3, 0.4) is 0 Å². The van der Waals surface area contributed by atoms with Gasteiger partial charge in [0.1, 0.15) is 0 Å². The van der Waals surface area contributed by atoms with Crippen LogP contribution in [-0.2, 0) is 10.4 Å². The van der Waals surface area contributed by atoms with Gasteiger partial charge in [0.25, 0.3) is 0 Å². The van der Waals surface area contributed by atoms with E-state index < -0.39 is 10.4 Å². The van der Waals surface area contributed by atoms with Crippen molar-refractivity contribution >= 4 is 21.8 Å². The lowest BCUT2D eigenvalue weighted by Gasteiger charge is -1.98. The lowest BCUT2D eigenvalue weighted by Crippen LogP contribution is -2.08. The summed E-state index contributed by atoms with van der Waals surface area (Å²) in [6, 6.07) is 2.59. The Morgan fingerprint density at radius 3 is 2.64 bits per heavy atom. The van der Waals surface area contributed by atoms with Gasteiger partial charge in [0.05, 0.1) is 5.69 Å². The summed E-state index contributed by atoms with van der Waals surface area (Å²) in [4.78, 5) is 10.3. The van der Waals surface area contributed by atoms with Crippen LogP contribution in [0.1, 0.15) is 0 Å². The van der Waals surface area contributed by atoms with Crippen LogP contribution in [0.5, 0.6) is 11.5 Å². The molecule has 1 aromatic carbocycles. The average Bonchev–Trinajstić information content (AvgIpc) is 2.39. The second-order valence-electron chi connectivity index (χ2n) is 2.50. The van der Waals surface area contributed by atoms with Crippen LogP contribution < -0.4 is 14.1 Å². The van der Waals surface area contributed by atoms with Crippen molar-refractivity contribution in [3.8, 4) is 11.5 Å². The maximum absolute atomic E-state index is 10.8. The first kappa shape index (κ1) is 8.75. The summed E-state index contributed by atoms with van der Waals surface area (Å²) in [6.45, 7) is 0. The molecule has 1 heterocycles. The third kappa shape index (κ3) is 1.16. The first-order valence-electron chi connectivity index (χ1n) is 3.43. The Hall–Kier alpha value is -1.83. The van der Waals surface area contributed by atoms with E-state index in [2.05, 4.69) is 13.5 Å². The minimum Gasteiger partial charge on any atom is -0.397 e. The van der Waals surface area contributed by atoms with E-state index in [1.807, 2.05) is 0 Å². The fourth-order valence-corrected chi connectivity index (χ4v) is 1.79. The number of nitroso groups, excluding NO2 is 1. The Labute approximate surface area is 78.7 Å². The molecule has 74 valence electrons. The molecule has 0 atom stereocenters. The Kier molecular flexibility index (Phi) is 1.61. The lowest BCUT2D eigenvalue weighted by molar-refractivity contribution is 0.436. The van der Waals surface area contributed by atoms with Crippen molar-refractivity contribution in [1.29, 1.82) is 0 Å². The second-order valence-corrected chi connectivity index (χ2v) is 3.65. The standard InChI is InChI=1S/C6H4N2O5S/c7-3-1-2-4-6(5(3)8-9)13-14(10,11)12-4/h1-2H,7H2. The van der Waals surface area contributed by atoms with Crippen LogP contribution >= 0.6 is 0 Å². The molecule has 0 spiro atoms. The lowest BCUT2D eigenvalue weighted by atomic mass is 10.2. The van der Waals surface area contributed by atoms with Crippen LogP contribution in [-0.4, -0.2) is 8.42 Å². The van der Waals surface area contributed by atoms with Gasteiger partial charge in [0.15, 0.2) is 11.4 Å². The van der Waals surface area contributed by atoms with E-state index >= 15 is 0 Å². The highest BCUT2D eigenvalue weighted by Gasteiger charge is 2.32. The minimum absolute atomic E-state index is 0.0273. The number of benzene rings is 1. The van der Waals surface area contributed by atoms with Crippen molar-refractivity contribution < 1.29 is 16.8 Å². The first-order valence-corrected chi connectivity index (χ1v) is 4.76. The topological polar surface area (TPSA) is 108 Å². The molecule has 2 rings (SSSR count). The molecule has 0 bridgehead atoms. The summed E-state index contributed by atoms with van der Waals surface area (Å²) in [7, 11) is -4.11. The summed E-state index contributed by atoms with van der Waals surface area (Å²) in [5.41, 5.74) is 5.12. The van der Waals surface area contributed by atoms with E-state index in [0.29, 0.717) is 0 Å². The molecule has 14 heavy (non-hydrogen) atoms. The van der Waals surface area contributed by atoms with Crippen LogP contribution in [0, 0.1) is 4.91 Å². The summed E-state index contributed by atoms with van der Waals surface area (Å²) in [5, 5.41) is 2.56. The minimum atomic E-state index is -4.11. The Bertz CT molecular complexity index is 509. The number of nitrogen functional groups attached to an aromatic ring is 1. The molecule has 0 aromatic heterocycles. The van der Waals surface area contributed by atoms with Crippen molar-refractivity contribution in [2.24, 2.45) is 5.18 Å². The molecule has 1 aliphatic rings. The number of hydrogen-bond acceptors (Lipinski definition) is 7. The van der Waals surface area contributed by atoms with Gasteiger partial charge in [-0.25, -0.2) is 0 Å². The maximum atomic E-state index is 10.8. The molecule has 0 unspecified atom stereocenters. The zero-order valence-corrected chi connectivity index (χ0v) is 7.45. The van der Waals surface area contributed by atoms with Gasteiger partial charge in [-0.3, -0.25) is 0 Å². The van der Waals surface area contributed by atoms with Crippen molar-refractivity contribution in [3.05, 3.63) is 17.0 Å². The molecule has 0 saturated carbocycles. The Balaban J connectivity index is 2.69. The van der Waals surface area contributed by atoms with Crippen molar-refractivity contribution in [2.75, 3.05) is 5.73 Å². The van der Waals surface area contributed by atoms with Gasteiger partial charge in [-0.2, -0.15) is 0 Å². The molecule has 2 N–H and O–H groups in total. The molecular formula is C6H4N2O5S. The highest BCUT2D eigenvalue weighted by atomic mass is 32.3. The molecule has 7 nitrogen and oxygen atoms in total. The number of nitrogens with two attached hydrogens (primary N) is 1. The van der Waals surface area contributed by atoms with Crippen molar-refractivity contribution in [1.82, 2.24) is 0 Å². The summed E-state index contributed by atoms with van der Waals surface area (Å²) < 4.78 is 30.4. The molecule has 0 fully saturated rings. The molecule has 0 amide bonds. The SMILES string of the molecule is Nc1ccc2c(c1N=O)OS(=O)(=O)O2. The van der Waals surface area contributed by atoms with Gasteiger partial charge in [0, 0.05) is 0 Å². The van der Waals surface area contributed by atoms with Gasteiger partial charge in [0.2, 0.25) is 5.75 Å². The fourth-order valence-electron chi connectivity index (χ4n) is 1.04. The summed E-state index contributed by atoms with van der Waals surface area (Å²) in [6.07, 6.45) is 0.